The van der Waals surface area contributed by atoms with Crippen LogP contribution >= 0.6 is 0 Å². The zero-order chi connectivity index (χ0) is 13.1. The molecule has 0 amide bonds. The number of hydrazine groups is 1. The molecule has 1 saturated carbocycles. The maximum Gasteiger partial charge on any atom is 0.0492 e. The molecule has 1 heterocycles. The number of nitrogens with two attached hydrogens (primary N) is 1. The summed E-state index contributed by atoms with van der Waals surface area (Å²) < 4.78 is 0. The lowest BCUT2D eigenvalue weighted by Gasteiger charge is -2.36. The lowest BCUT2D eigenvalue weighted by Crippen LogP contribution is -2.37. The number of rotatable bonds is 3. The van der Waals surface area contributed by atoms with Crippen LogP contribution in [-0.4, -0.2) is 4.98 Å². The van der Waals surface area contributed by atoms with Crippen LogP contribution in [0.15, 0.2) is 18.5 Å². The standard InChI is InChI=1S/C15H25N3/c1-10-6-11(2)8-13(7-10)15(18-16)14-4-5-17-9-12(14)3/h4-5,9-11,13,15,18H,6-8,16H2,1-3H3. The number of pyridine rings is 1. The first kappa shape index (κ1) is 13.5. The van der Waals surface area contributed by atoms with Crippen LogP contribution < -0.4 is 11.3 Å². The molecule has 0 aliphatic heterocycles. The summed E-state index contributed by atoms with van der Waals surface area (Å²) >= 11 is 0. The second-order valence-electron chi connectivity index (χ2n) is 6.05. The molecule has 3 N–H and O–H groups in total. The number of hydrogen-bond acceptors (Lipinski definition) is 3. The van der Waals surface area contributed by atoms with Crippen molar-refractivity contribution in [1.29, 1.82) is 0 Å². The third-order valence-corrected chi connectivity index (χ3v) is 4.26. The van der Waals surface area contributed by atoms with Crippen molar-refractivity contribution in [3.63, 3.8) is 0 Å². The van der Waals surface area contributed by atoms with E-state index >= 15 is 0 Å². The highest BCUT2D eigenvalue weighted by atomic mass is 15.2. The minimum Gasteiger partial charge on any atom is -0.271 e. The first-order chi connectivity index (χ1) is 8.61. The highest BCUT2D eigenvalue weighted by molar-refractivity contribution is 5.26. The minimum atomic E-state index is 0.262. The molecule has 1 aromatic rings. The normalized spacial score (nSPS) is 30.1. The smallest absolute Gasteiger partial charge is 0.0492 e. The lowest BCUT2D eigenvalue weighted by molar-refractivity contribution is 0.176. The van der Waals surface area contributed by atoms with Gasteiger partial charge >= 0.3 is 0 Å². The van der Waals surface area contributed by atoms with E-state index in [1.165, 1.54) is 30.4 Å². The maximum absolute atomic E-state index is 5.83. The average molecular weight is 247 g/mol. The van der Waals surface area contributed by atoms with Gasteiger partial charge in [-0.2, -0.15) is 0 Å². The van der Waals surface area contributed by atoms with Gasteiger partial charge in [0.05, 0.1) is 0 Å². The van der Waals surface area contributed by atoms with E-state index in [1.807, 2.05) is 12.4 Å². The molecule has 3 heteroatoms. The molecule has 1 aliphatic rings. The Balaban J connectivity index is 2.20. The Labute approximate surface area is 110 Å². The lowest BCUT2D eigenvalue weighted by atomic mass is 9.72. The van der Waals surface area contributed by atoms with Crippen LogP contribution in [0.1, 0.15) is 50.3 Å². The predicted octanol–water partition coefficient (Wildman–Crippen LogP) is 2.97. The Morgan fingerprint density at radius 3 is 2.50 bits per heavy atom. The van der Waals surface area contributed by atoms with E-state index < -0.39 is 0 Å². The van der Waals surface area contributed by atoms with Crippen LogP contribution in [0.3, 0.4) is 0 Å². The summed E-state index contributed by atoms with van der Waals surface area (Å²) in [6.45, 7) is 6.83. The topological polar surface area (TPSA) is 50.9 Å². The number of aryl methyl sites for hydroxylation is 1. The first-order valence-electron chi connectivity index (χ1n) is 6.98. The Hall–Kier alpha value is -0.930. The summed E-state index contributed by atoms with van der Waals surface area (Å²) in [5.41, 5.74) is 5.57. The van der Waals surface area contributed by atoms with Crippen LogP contribution in [0.5, 0.6) is 0 Å². The highest BCUT2D eigenvalue weighted by Gasteiger charge is 2.30. The van der Waals surface area contributed by atoms with E-state index in [2.05, 4.69) is 37.2 Å². The number of aromatic nitrogens is 1. The van der Waals surface area contributed by atoms with E-state index in [4.69, 9.17) is 5.84 Å². The monoisotopic (exact) mass is 247 g/mol. The summed E-state index contributed by atoms with van der Waals surface area (Å²) in [7, 11) is 0. The molecule has 3 atom stereocenters. The summed E-state index contributed by atoms with van der Waals surface area (Å²) in [5, 5.41) is 0. The Kier molecular flexibility index (Phi) is 4.36. The van der Waals surface area contributed by atoms with E-state index in [0.29, 0.717) is 5.92 Å². The summed E-state index contributed by atoms with van der Waals surface area (Å²) in [4.78, 5) is 4.17. The fraction of sp³-hybridized carbons (Fsp3) is 0.667. The van der Waals surface area contributed by atoms with Crippen molar-refractivity contribution >= 4 is 0 Å². The molecular formula is C15H25N3. The largest absolute Gasteiger partial charge is 0.271 e. The zero-order valence-electron chi connectivity index (χ0n) is 11.7. The average Bonchev–Trinajstić information content (AvgIpc) is 2.31. The molecule has 2 rings (SSSR count). The van der Waals surface area contributed by atoms with Gasteiger partial charge in [-0.1, -0.05) is 13.8 Å². The molecule has 18 heavy (non-hydrogen) atoms. The van der Waals surface area contributed by atoms with Crippen molar-refractivity contribution in [2.75, 3.05) is 0 Å². The quantitative estimate of drug-likeness (QED) is 0.638. The molecule has 100 valence electrons. The fourth-order valence-corrected chi connectivity index (χ4v) is 3.59. The molecule has 1 fully saturated rings. The molecule has 0 aromatic carbocycles. The summed E-state index contributed by atoms with van der Waals surface area (Å²) in [5.74, 6) is 8.06. The molecule has 1 aliphatic carbocycles. The van der Waals surface area contributed by atoms with Crippen molar-refractivity contribution in [1.82, 2.24) is 10.4 Å². The Morgan fingerprint density at radius 2 is 1.94 bits per heavy atom. The molecule has 0 saturated heterocycles. The maximum atomic E-state index is 5.83. The van der Waals surface area contributed by atoms with Crippen LogP contribution in [0.4, 0.5) is 0 Å². The molecule has 3 unspecified atom stereocenters. The Bertz CT molecular complexity index is 381. The van der Waals surface area contributed by atoms with Crippen molar-refractivity contribution in [3.8, 4) is 0 Å². The van der Waals surface area contributed by atoms with Gasteiger partial charge in [0.1, 0.15) is 0 Å². The third kappa shape index (κ3) is 2.90. The van der Waals surface area contributed by atoms with Crippen LogP contribution in [0.25, 0.3) is 0 Å². The van der Waals surface area contributed by atoms with Gasteiger partial charge in [-0.05, 0) is 61.1 Å². The van der Waals surface area contributed by atoms with Gasteiger partial charge in [0.25, 0.3) is 0 Å². The van der Waals surface area contributed by atoms with Crippen molar-refractivity contribution in [2.45, 2.75) is 46.1 Å². The van der Waals surface area contributed by atoms with Crippen molar-refractivity contribution in [2.24, 2.45) is 23.6 Å². The summed E-state index contributed by atoms with van der Waals surface area (Å²) in [6.07, 6.45) is 7.67. The van der Waals surface area contributed by atoms with Crippen molar-refractivity contribution in [3.05, 3.63) is 29.6 Å². The van der Waals surface area contributed by atoms with Gasteiger partial charge in [-0.25, -0.2) is 0 Å². The molecule has 0 radical (unpaired) electrons. The molecular weight excluding hydrogens is 222 g/mol. The highest BCUT2D eigenvalue weighted by Crippen LogP contribution is 2.39. The fourth-order valence-electron chi connectivity index (χ4n) is 3.59. The van der Waals surface area contributed by atoms with Crippen molar-refractivity contribution < 1.29 is 0 Å². The van der Waals surface area contributed by atoms with E-state index in [1.54, 1.807) is 0 Å². The van der Waals surface area contributed by atoms with Crippen LogP contribution in [-0.2, 0) is 0 Å². The molecule has 3 nitrogen and oxygen atoms in total. The van der Waals surface area contributed by atoms with E-state index in [9.17, 15) is 0 Å². The van der Waals surface area contributed by atoms with Gasteiger partial charge in [0, 0.05) is 18.4 Å². The second kappa shape index (κ2) is 5.81. The first-order valence-corrected chi connectivity index (χ1v) is 6.98. The van der Waals surface area contributed by atoms with Gasteiger partial charge in [-0.3, -0.25) is 16.3 Å². The summed E-state index contributed by atoms with van der Waals surface area (Å²) in [6, 6.07) is 2.36. The number of nitrogens with zero attached hydrogens (tertiary/aromatic N) is 1. The SMILES string of the molecule is Cc1cnccc1C(NN)C1CC(C)CC(C)C1. The van der Waals surface area contributed by atoms with Gasteiger partial charge in [-0.15, -0.1) is 0 Å². The van der Waals surface area contributed by atoms with Crippen LogP contribution in [0, 0.1) is 24.7 Å². The van der Waals surface area contributed by atoms with E-state index in [-0.39, 0.29) is 6.04 Å². The van der Waals surface area contributed by atoms with Crippen LogP contribution in [0.2, 0.25) is 0 Å². The van der Waals surface area contributed by atoms with Gasteiger partial charge in [0.15, 0.2) is 0 Å². The van der Waals surface area contributed by atoms with Gasteiger partial charge in [0.2, 0.25) is 0 Å². The minimum absolute atomic E-state index is 0.262. The zero-order valence-corrected chi connectivity index (χ0v) is 11.7. The molecule has 0 spiro atoms. The van der Waals surface area contributed by atoms with Gasteiger partial charge < -0.3 is 0 Å². The second-order valence-corrected chi connectivity index (χ2v) is 6.05. The molecule has 0 bridgehead atoms. The third-order valence-electron chi connectivity index (χ3n) is 4.26. The predicted molar refractivity (Wildman–Crippen MR) is 74.7 cm³/mol. The molecule has 1 aromatic heterocycles. The van der Waals surface area contributed by atoms with E-state index in [0.717, 1.165) is 11.8 Å². The number of hydrogen-bond donors (Lipinski definition) is 2. The number of nitrogens with one attached hydrogen (secondary N) is 1. The Morgan fingerprint density at radius 1 is 1.28 bits per heavy atom.